The fraction of sp³-hybridized carbons (Fsp3) is 0.231. The summed E-state index contributed by atoms with van der Waals surface area (Å²) < 4.78 is 0. The first-order chi connectivity index (χ1) is 9.76. The quantitative estimate of drug-likeness (QED) is 0.475. The first-order valence-electron chi connectivity index (χ1n) is 5.50. The molecule has 1 rings (SSSR count). The molecule has 0 aliphatic heterocycles. The van der Waals surface area contributed by atoms with Crippen molar-refractivity contribution in [1.29, 1.82) is 0 Å². The predicted molar refractivity (Wildman–Crippen MR) is 82.4 cm³/mol. The second-order valence-corrected chi connectivity index (χ2v) is 4.35. The van der Waals surface area contributed by atoms with Crippen LogP contribution in [0.5, 0.6) is 0 Å². The number of hydrogen-bond acceptors (Lipinski definition) is 4. The van der Waals surface area contributed by atoms with E-state index in [2.05, 4.69) is 23.2 Å². The molecule has 0 atom stereocenters. The Morgan fingerprint density at radius 1 is 0.905 bits per heavy atom. The number of carbonyl (C=O) groups excluding carboxylic acids is 4. The molecule has 0 radical (unpaired) electrons. The molecule has 21 heavy (non-hydrogen) atoms. The predicted octanol–water partition coefficient (Wildman–Crippen LogP) is 1.50. The number of hydrogen-bond donors (Lipinski definition) is 0. The van der Waals surface area contributed by atoms with E-state index in [4.69, 9.17) is 0 Å². The number of carbonyl (C=O) groups is 4. The van der Waals surface area contributed by atoms with Crippen LogP contribution in [0.25, 0.3) is 0 Å². The number of amides is 2. The lowest BCUT2D eigenvalue weighted by atomic mass is 10.3. The average molecular weight is 335 g/mol. The zero-order valence-corrected chi connectivity index (χ0v) is 13.3. The molecule has 0 aromatic heterocycles. The van der Waals surface area contributed by atoms with Gasteiger partial charge in [-0.25, -0.2) is 0 Å². The SMILES string of the molecule is CN(C)C=O.CN(C=O)c1ccccc1.O=C(Cl)C(=O)Cl. The Morgan fingerprint density at radius 2 is 1.29 bits per heavy atom. The Morgan fingerprint density at radius 3 is 1.52 bits per heavy atom. The lowest BCUT2D eigenvalue weighted by molar-refractivity contribution is -0.127. The maximum absolute atomic E-state index is 10.2. The minimum absolute atomic E-state index is 0.750. The van der Waals surface area contributed by atoms with Crippen LogP contribution in [0, 0.1) is 0 Å². The van der Waals surface area contributed by atoms with Gasteiger partial charge in [0.25, 0.3) is 0 Å². The molecule has 0 saturated carbocycles. The van der Waals surface area contributed by atoms with E-state index in [0.717, 1.165) is 18.5 Å². The molecule has 0 unspecified atom stereocenters. The topological polar surface area (TPSA) is 74.8 Å². The minimum Gasteiger partial charge on any atom is -0.351 e. The molecule has 2 amide bonds. The van der Waals surface area contributed by atoms with Gasteiger partial charge in [0.15, 0.2) is 0 Å². The van der Waals surface area contributed by atoms with Gasteiger partial charge < -0.3 is 9.80 Å². The summed E-state index contributed by atoms with van der Waals surface area (Å²) >= 11 is 8.98. The molecule has 0 spiro atoms. The number of para-hydroxylation sites is 1. The van der Waals surface area contributed by atoms with Gasteiger partial charge in [-0.05, 0) is 35.3 Å². The Balaban J connectivity index is 0. The Kier molecular flexibility index (Phi) is 13.3. The van der Waals surface area contributed by atoms with Crippen molar-refractivity contribution < 1.29 is 19.2 Å². The molecule has 1 aromatic rings. The summed E-state index contributed by atoms with van der Waals surface area (Å²) in [4.78, 5) is 41.5. The van der Waals surface area contributed by atoms with Gasteiger partial charge in [0.05, 0.1) is 0 Å². The smallest absolute Gasteiger partial charge is 0.304 e. The molecule has 1 aromatic carbocycles. The van der Waals surface area contributed by atoms with Gasteiger partial charge in [-0.1, -0.05) is 18.2 Å². The first-order valence-corrected chi connectivity index (χ1v) is 6.26. The van der Waals surface area contributed by atoms with Crippen molar-refractivity contribution >= 4 is 52.2 Å². The molecular weight excluding hydrogens is 319 g/mol. The summed E-state index contributed by atoms with van der Waals surface area (Å²) in [6.45, 7) is 0. The van der Waals surface area contributed by atoms with Gasteiger partial charge in [-0.3, -0.25) is 19.2 Å². The molecule has 8 heteroatoms. The highest BCUT2D eigenvalue weighted by Crippen LogP contribution is 2.07. The van der Waals surface area contributed by atoms with Crippen molar-refractivity contribution in [2.45, 2.75) is 0 Å². The fourth-order valence-corrected chi connectivity index (χ4v) is 0.724. The van der Waals surface area contributed by atoms with Crippen LogP contribution in [0.2, 0.25) is 0 Å². The summed E-state index contributed by atoms with van der Waals surface area (Å²) in [7, 11) is 5.10. The van der Waals surface area contributed by atoms with Crippen molar-refractivity contribution in [1.82, 2.24) is 4.90 Å². The van der Waals surface area contributed by atoms with Crippen LogP contribution in [0.15, 0.2) is 30.3 Å². The molecule has 0 bridgehead atoms. The van der Waals surface area contributed by atoms with E-state index in [1.165, 1.54) is 9.80 Å². The van der Waals surface area contributed by atoms with Gasteiger partial charge in [0.1, 0.15) is 0 Å². The maximum Gasteiger partial charge on any atom is 0.304 e. The second-order valence-electron chi connectivity index (χ2n) is 3.67. The third kappa shape index (κ3) is 14.3. The van der Waals surface area contributed by atoms with E-state index in [-0.39, 0.29) is 0 Å². The van der Waals surface area contributed by atoms with Gasteiger partial charge >= 0.3 is 10.5 Å². The highest BCUT2D eigenvalue weighted by molar-refractivity contribution is 6.97. The monoisotopic (exact) mass is 334 g/mol. The van der Waals surface area contributed by atoms with E-state index in [9.17, 15) is 19.2 Å². The van der Waals surface area contributed by atoms with Crippen molar-refractivity contribution in [2.75, 3.05) is 26.0 Å². The summed E-state index contributed by atoms with van der Waals surface area (Å²) in [5.41, 5.74) is 0.914. The molecule has 6 nitrogen and oxygen atoms in total. The molecule has 116 valence electrons. The largest absolute Gasteiger partial charge is 0.351 e. The van der Waals surface area contributed by atoms with Crippen LogP contribution in [-0.4, -0.2) is 49.3 Å². The average Bonchev–Trinajstić information content (AvgIpc) is 2.48. The van der Waals surface area contributed by atoms with Crippen molar-refractivity contribution in [3.05, 3.63) is 30.3 Å². The first kappa shape index (κ1) is 21.4. The lowest BCUT2D eigenvalue weighted by Gasteiger charge is -2.08. The number of halogens is 2. The van der Waals surface area contributed by atoms with Gasteiger partial charge in [-0.2, -0.15) is 0 Å². The summed E-state index contributed by atoms with van der Waals surface area (Å²) in [6.07, 6.45) is 1.54. The van der Waals surface area contributed by atoms with Gasteiger partial charge in [-0.15, -0.1) is 0 Å². The van der Waals surface area contributed by atoms with Crippen LogP contribution in [0.3, 0.4) is 0 Å². The standard InChI is InChI=1S/C8H9NO.C3H7NO.C2Cl2O2/c1-9(7-10)8-5-3-2-4-6-8;1-4(2)3-5;3-1(5)2(4)6/h2-7H,1H3;3H,1-2H3;. The van der Waals surface area contributed by atoms with Crippen molar-refractivity contribution in [3.63, 3.8) is 0 Å². The zero-order valence-electron chi connectivity index (χ0n) is 11.8. The highest BCUT2D eigenvalue weighted by atomic mass is 35.5. The van der Waals surface area contributed by atoms with E-state index < -0.39 is 10.5 Å². The molecule has 0 aliphatic carbocycles. The summed E-state index contributed by atoms with van der Waals surface area (Å²) in [5, 5.41) is -2.28. The highest BCUT2D eigenvalue weighted by Gasteiger charge is 2.01. The molecule has 0 aliphatic rings. The number of benzene rings is 1. The van der Waals surface area contributed by atoms with E-state index in [1.54, 1.807) is 21.1 Å². The van der Waals surface area contributed by atoms with E-state index in [1.807, 2.05) is 30.3 Å². The lowest BCUT2D eigenvalue weighted by Crippen LogP contribution is -2.12. The third-order valence-electron chi connectivity index (χ3n) is 1.69. The molecular formula is C13H16Cl2N2O4. The van der Waals surface area contributed by atoms with Crippen LogP contribution in [0.1, 0.15) is 0 Å². The normalized spacial score (nSPS) is 8.05. The van der Waals surface area contributed by atoms with Crippen LogP contribution in [-0.2, 0) is 19.2 Å². The zero-order chi connectivity index (χ0) is 16.8. The fourth-order valence-electron chi connectivity index (χ4n) is 0.724. The van der Waals surface area contributed by atoms with Gasteiger partial charge in [0, 0.05) is 26.8 Å². The summed E-state index contributed by atoms with van der Waals surface area (Å²) in [5.74, 6) is 0. The van der Waals surface area contributed by atoms with Crippen molar-refractivity contribution in [2.24, 2.45) is 0 Å². The Hall–Kier alpha value is -1.92. The van der Waals surface area contributed by atoms with Crippen LogP contribution >= 0.6 is 23.2 Å². The number of rotatable bonds is 4. The Bertz CT molecular complexity index is 441. The third-order valence-corrected chi connectivity index (χ3v) is 2.13. The van der Waals surface area contributed by atoms with E-state index in [0.29, 0.717) is 0 Å². The Labute approximate surface area is 133 Å². The van der Waals surface area contributed by atoms with Gasteiger partial charge in [0.2, 0.25) is 12.8 Å². The van der Waals surface area contributed by atoms with Crippen molar-refractivity contribution in [3.8, 4) is 0 Å². The van der Waals surface area contributed by atoms with Crippen LogP contribution in [0.4, 0.5) is 5.69 Å². The number of anilines is 1. The maximum atomic E-state index is 10.2. The minimum atomic E-state index is -1.14. The summed E-state index contributed by atoms with van der Waals surface area (Å²) in [6, 6.07) is 9.48. The molecule has 0 saturated heterocycles. The van der Waals surface area contributed by atoms with E-state index >= 15 is 0 Å². The number of nitrogens with zero attached hydrogens (tertiary/aromatic N) is 2. The molecule has 0 heterocycles. The molecule has 0 fully saturated rings. The van der Waals surface area contributed by atoms with Crippen LogP contribution < -0.4 is 4.90 Å². The second kappa shape index (κ2) is 13.1. The molecule has 0 N–H and O–H groups in total.